The molecule has 1 atom stereocenters. The van der Waals surface area contributed by atoms with Gasteiger partial charge in [0.1, 0.15) is 5.82 Å². The summed E-state index contributed by atoms with van der Waals surface area (Å²) < 4.78 is 0. The maximum atomic E-state index is 6.27. The normalized spacial score (nSPS) is 17.0. The molecular weight excluding hydrogens is 616 g/mol. The summed E-state index contributed by atoms with van der Waals surface area (Å²) in [6, 6.07) is 25.6. The van der Waals surface area contributed by atoms with Crippen molar-refractivity contribution in [1.82, 2.24) is 25.1 Å². The molecule has 2 fully saturated rings. The number of nitrogens with one attached hydrogen (secondary N) is 1. The molecule has 3 heterocycles. The van der Waals surface area contributed by atoms with Crippen molar-refractivity contribution in [3.63, 3.8) is 0 Å². The van der Waals surface area contributed by atoms with E-state index < -0.39 is 0 Å². The van der Waals surface area contributed by atoms with E-state index >= 15 is 0 Å². The standard InChI is InChI=1S/C39H47ClN8/c1-5-35(34-16-15-33(40)27-36(34)41-4)43-38(31-11-7-29(3)8-12-31)32-13-9-30(10-14-32)28-46-21-23-47(24-22-46)37-17-18-42-39(44-37)48-25-19-45(6-2)20-26-48/h5,7-18,27,38,43H,4,6,19-26,28H2,1-3H3/b35-5+. The highest BCUT2D eigenvalue weighted by molar-refractivity contribution is 6.30. The Bertz CT molecular complexity index is 1690. The molecule has 1 unspecified atom stereocenters. The van der Waals surface area contributed by atoms with Crippen LogP contribution in [0, 0.1) is 6.92 Å². The molecule has 8 nitrogen and oxygen atoms in total. The van der Waals surface area contributed by atoms with Gasteiger partial charge in [-0.15, -0.1) is 0 Å². The molecule has 3 aromatic carbocycles. The highest BCUT2D eigenvalue weighted by Crippen LogP contribution is 2.32. The zero-order valence-electron chi connectivity index (χ0n) is 28.4. The Hall–Kier alpha value is -4.24. The van der Waals surface area contributed by atoms with Gasteiger partial charge in [0.2, 0.25) is 5.95 Å². The highest BCUT2D eigenvalue weighted by Gasteiger charge is 2.22. The lowest BCUT2D eigenvalue weighted by Gasteiger charge is -2.36. The van der Waals surface area contributed by atoms with Crippen molar-refractivity contribution >= 4 is 41.5 Å². The molecule has 0 aliphatic carbocycles. The zero-order chi connectivity index (χ0) is 33.5. The first-order chi connectivity index (χ1) is 23.4. The molecule has 1 aromatic heterocycles. The molecule has 0 saturated carbocycles. The fourth-order valence-electron chi connectivity index (χ4n) is 6.59. The van der Waals surface area contributed by atoms with Crippen LogP contribution >= 0.6 is 11.6 Å². The van der Waals surface area contributed by atoms with E-state index in [1.165, 1.54) is 22.3 Å². The molecule has 4 aromatic rings. The Balaban J connectivity index is 1.11. The van der Waals surface area contributed by atoms with Crippen LogP contribution in [0.2, 0.25) is 5.02 Å². The highest BCUT2D eigenvalue weighted by atomic mass is 35.5. The summed E-state index contributed by atoms with van der Waals surface area (Å²) in [4.78, 5) is 23.6. The van der Waals surface area contributed by atoms with Gasteiger partial charge in [-0.3, -0.25) is 9.89 Å². The second-order valence-corrected chi connectivity index (χ2v) is 13.1. The van der Waals surface area contributed by atoms with Gasteiger partial charge in [0.05, 0.1) is 11.7 Å². The Morgan fingerprint density at radius 1 is 0.875 bits per heavy atom. The van der Waals surface area contributed by atoms with Gasteiger partial charge >= 0.3 is 0 Å². The number of anilines is 2. The molecule has 2 saturated heterocycles. The fraction of sp³-hybridized carbons (Fsp3) is 0.359. The van der Waals surface area contributed by atoms with Crippen molar-refractivity contribution in [1.29, 1.82) is 0 Å². The van der Waals surface area contributed by atoms with Crippen molar-refractivity contribution in [2.75, 3.05) is 68.7 Å². The van der Waals surface area contributed by atoms with Crippen LogP contribution in [0.4, 0.5) is 17.5 Å². The van der Waals surface area contributed by atoms with Gasteiger partial charge in [0, 0.05) is 81.4 Å². The van der Waals surface area contributed by atoms with Crippen molar-refractivity contribution in [2.45, 2.75) is 33.4 Å². The summed E-state index contributed by atoms with van der Waals surface area (Å²) in [6.07, 6.45) is 4.00. The molecular formula is C39H47ClN8. The molecule has 0 bridgehead atoms. The Labute approximate surface area is 290 Å². The van der Waals surface area contributed by atoms with Crippen LogP contribution in [0.25, 0.3) is 5.70 Å². The van der Waals surface area contributed by atoms with Crippen molar-refractivity contribution in [3.8, 4) is 0 Å². The monoisotopic (exact) mass is 662 g/mol. The number of aryl methyl sites for hydroxylation is 1. The van der Waals surface area contributed by atoms with E-state index in [9.17, 15) is 0 Å². The second-order valence-electron chi connectivity index (χ2n) is 12.7. The molecule has 0 amide bonds. The maximum Gasteiger partial charge on any atom is 0.227 e. The summed E-state index contributed by atoms with van der Waals surface area (Å²) in [7, 11) is 0. The summed E-state index contributed by atoms with van der Waals surface area (Å²) >= 11 is 6.27. The van der Waals surface area contributed by atoms with E-state index in [0.717, 1.165) is 94.2 Å². The van der Waals surface area contributed by atoms with Gasteiger partial charge < -0.3 is 20.0 Å². The lowest BCUT2D eigenvalue weighted by Crippen LogP contribution is -2.47. The number of rotatable bonds is 11. The van der Waals surface area contributed by atoms with Crippen LogP contribution in [-0.4, -0.2) is 85.4 Å². The average Bonchev–Trinajstić information content (AvgIpc) is 3.14. The third kappa shape index (κ3) is 8.06. The van der Waals surface area contributed by atoms with Crippen LogP contribution < -0.4 is 15.1 Å². The van der Waals surface area contributed by atoms with E-state index in [-0.39, 0.29) is 6.04 Å². The predicted octanol–water partition coefficient (Wildman–Crippen LogP) is 6.97. The first-order valence-corrected chi connectivity index (χ1v) is 17.4. The van der Waals surface area contributed by atoms with Crippen LogP contribution in [-0.2, 0) is 6.54 Å². The smallest absolute Gasteiger partial charge is 0.227 e. The first kappa shape index (κ1) is 33.7. The number of hydrogen-bond donors (Lipinski definition) is 1. The fourth-order valence-corrected chi connectivity index (χ4v) is 6.76. The van der Waals surface area contributed by atoms with E-state index in [2.05, 4.69) is 116 Å². The molecule has 1 N–H and O–H groups in total. The number of nitrogens with zero attached hydrogens (tertiary/aromatic N) is 7. The van der Waals surface area contributed by atoms with Gasteiger partial charge in [-0.1, -0.05) is 78.7 Å². The van der Waals surface area contributed by atoms with Crippen molar-refractivity contribution in [2.24, 2.45) is 4.99 Å². The number of aromatic nitrogens is 2. The average molecular weight is 663 g/mol. The maximum absolute atomic E-state index is 6.27. The summed E-state index contributed by atoms with van der Waals surface area (Å²) in [5.74, 6) is 1.89. The Kier molecular flexibility index (Phi) is 11.1. The minimum Gasteiger partial charge on any atom is -0.374 e. The summed E-state index contributed by atoms with van der Waals surface area (Å²) in [6.45, 7) is 20.2. The predicted molar refractivity (Wildman–Crippen MR) is 201 cm³/mol. The van der Waals surface area contributed by atoms with Crippen LogP contribution in [0.3, 0.4) is 0 Å². The van der Waals surface area contributed by atoms with Gasteiger partial charge in [-0.25, -0.2) is 4.98 Å². The minimum absolute atomic E-state index is 0.0454. The minimum atomic E-state index is -0.0454. The number of halogens is 1. The molecule has 250 valence electrons. The largest absolute Gasteiger partial charge is 0.374 e. The van der Waals surface area contributed by atoms with E-state index in [4.69, 9.17) is 16.6 Å². The molecule has 48 heavy (non-hydrogen) atoms. The van der Waals surface area contributed by atoms with E-state index in [1.54, 1.807) is 0 Å². The SMILES string of the molecule is C=Nc1cc(Cl)ccc1/C(=C\C)NC(c1ccc(C)cc1)c1ccc(CN2CCN(c3ccnc(N4CCN(CC)CC4)n3)CC2)cc1. The van der Waals surface area contributed by atoms with Gasteiger partial charge in [-0.05, 0) is 68.1 Å². The molecule has 2 aliphatic rings. The van der Waals surface area contributed by atoms with E-state index in [1.807, 2.05) is 31.3 Å². The number of aliphatic imine (C=N–C) groups is 1. The molecule has 0 spiro atoms. The first-order valence-electron chi connectivity index (χ1n) is 17.1. The molecule has 6 rings (SSSR count). The number of hydrogen-bond acceptors (Lipinski definition) is 8. The van der Waals surface area contributed by atoms with Crippen LogP contribution in [0.1, 0.15) is 47.7 Å². The van der Waals surface area contributed by atoms with Crippen LogP contribution in [0.15, 0.2) is 90.1 Å². The van der Waals surface area contributed by atoms with Gasteiger partial charge in [0.25, 0.3) is 0 Å². The summed E-state index contributed by atoms with van der Waals surface area (Å²) in [5, 5.41) is 4.46. The third-order valence-electron chi connectivity index (χ3n) is 9.57. The van der Waals surface area contributed by atoms with E-state index in [0.29, 0.717) is 5.02 Å². The molecule has 9 heteroatoms. The van der Waals surface area contributed by atoms with Gasteiger partial charge in [0.15, 0.2) is 0 Å². The quantitative estimate of drug-likeness (QED) is 0.174. The lowest BCUT2D eigenvalue weighted by molar-refractivity contribution is 0.249. The van der Waals surface area contributed by atoms with Crippen molar-refractivity contribution < 1.29 is 0 Å². The number of piperazine rings is 2. The number of likely N-dealkylation sites (N-methyl/N-ethyl adjacent to an activating group) is 1. The van der Waals surface area contributed by atoms with Crippen LogP contribution in [0.5, 0.6) is 0 Å². The third-order valence-corrected chi connectivity index (χ3v) is 9.80. The molecule has 0 radical (unpaired) electrons. The van der Waals surface area contributed by atoms with Gasteiger partial charge in [-0.2, -0.15) is 4.98 Å². The van der Waals surface area contributed by atoms with Crippen molar-refractivity contribution in [3.05, 3.63) is 118 Å². The second kappa shape index (κ2) is 15.8. The lowest BCUT2D eigenvalue weighted by atomic mass is 9.95. The molecule has 2 aliphatic heterocycles. The Morgan fingerprint density at radius 2 is 1.52 bits per heavy atom. The topological polar surface area (TPSA) is 63.1 Å². The number of allylic oxidation sites excluding steroid dienone is 1. The summed E-state index contributed by atoms with van der Waals surface area (Å²) in [5.41, 5.74) is 7.65. The zero-order valence-corrected chi connectivity index (χ0v) is 29.2. The Morgan fingerprint density at radius 3 is 2.17 bits per heavy atom. The number of benzene rings is 3.